The fourth-order valence-corrected chi connectivity index (χ4v) is 3.89. The summed E-state index contributed by atoms with van der Waals surface area (Å²) in [5.74, 6) is 0.306. The van der Waals surface area contributed by atoms with Crippen molar-refractivity contribution in [2.45, 2.75) is 85.4 Å². The highest BCUT2D eigenvalue weighted by Gasteiger charge is 2.35. The highest BCUT2D eigenvalue weighted by molar-refractivity contribution is 6.02. The Labute approximate surface area is 182 Å². The van der Waals surface area contributed by atoms with Crippen LogP contribution in [0.25, 0.3) is 0 Å². The number of ether oxygens (including phenoxy) is 1. The van der Waals surface area contributed by atoms with E-state index in [0.29, 0.717) is 12.5 Å². The van der Waals surface area contributed by atoms with Gasteiger partial charge in [-0.3, -0.25) is 9.69 Å². The third kappa shape index (κ3) is 5.34. The molecule has 0 saturated carbocycles. The molecule has 0 aliphatic carbocycles. The topological polar surface area (TPSA) is 53.1 Å². The maximum atomic E-state index is 12.8. The lowest BCUT2D eigenvalue weighted by atomic mass is 9.92. The van der Waals surface area contributed by atoms with Crippen LogP contribution in [-0.4, -0.2) is 54.7 Å². The Morgan fingerprint density at radius 2 is 1.87 bits per heavy atom. The smallest absolute Gasteiger partial charge is 0.414 e. The van der Waals surface area contributed by atoms with Crippen LogP contribution >= 0.6 is 0 Å². The van der Waals surface area contributed by atoms with Gasteiger partial charge in [-0.2, -0.15) is 0 Å². The van der Waals surface area contributed by atoms with E-state index in [1.807, 2.05) is 26.8 Å². The summed E-state index contributed by atoms with van der Waals surface area (Å²) in [5.41, 5.74) is 2.77. The molecule has 168 valence electrons. The van der Waals surface area contributed by atoms with E-state index >= 15 is 0 Å². The van der Waals surface area contributed by atoms with Crippen LogP contribution in [0, 0.1) is 0 Å². The molecule has 1 aromatic carbocycles. The van der Waals surface area contributed by atoms with Gasteiger partial charge in [0.2, 0.25) is 5.91 Å². The number of hydrogen-bond donors (Lipinski definition) is 0. The number of carbonyl (C=O) groups excluding carboxylic acids is 2. The summed E-state index contributed by atoms with van der Waals surface area (Å²) < 4.78 is 5.50. The fraction of sp³-hybridized carbons (Fsp3) is 0.667. The van der Waals surface area contributed by atoms with Gasteiger partial charge in [0, 0.05) is 25.6 Å². The Kier molecular flexibility index (Phi) is 7.56. The van der Waals surface area contributed by atoms with E-state index in [0.717, 1.165) is 24.3 Å². The van der Waals surface area contributed by atoms with E-state index in [2.05, 4.69) is 51.8 Å². The SMILES string of the molecule is CCC(CN(C)C(C)(C)C)c1ccc2c(c1)N(C(=O)OC(C)C)C[C@H](C)N2C(C)=O. The number of amides is 2. The van der Waals surface area contributed by atoms with Crippen molar-refractivity contribution in [3.63, 3.8) is 0 Å². The van der Waals surface area contributed by atoms with Crippen LogP contribution in [0.5, 0.6) is 0 Å². The molecular formula is C24H39N3O3. The van der Waals surface area contributed by atoms with Crippen molar-refractivity contribution in [2.24, 2.45) is 0 Å². The van der Waals surface area contributed by atoms with E-state index in [1.165, 1.54) is 5.56 Å². The number of nitrogens with zero attached hydrogens (tertiary/aromatic N) is 3. The van der Waals surface area contributed by atoms with E-state index in [-0.39, 0.29) is 29.7 Å². The Morgan fingerprint density at radius 1 is 1.23 bits per heavy atom. The normalized spacial score (nSPS) is 17.9. The number of hydrogen-bond acceptors (Lipinski definition) is 4. The fourth-order valence-electron chi connectivity index (χ4n) is 3.89. The van der Waals surface area contributed by atoms with Crippen molar-refractivity contribution in [1.29, 1.82) is 0 Å². The standard InChI is InChI=1S/C24H39N3O3/c1-10-19(15-25(9)24(6,7)8)20-11-12-21-22(13-20)26(23(29)30-16(2)3)14-17(4)27(21)18(5)28/h11-13,16-17,19H,10,14-15H2,1-9H3/t17-,19?/m0/s1. The molecule has 0 saturated heterocycles. The number of rotatable bonds is 5. The predicted octanol–water partition coefficient (Wildman–Crippen LogP) is 5.02. The van der Waals surface area contributed by atoms with Crippen LogP contribution < -0.4 is 9.80 Å². The molecule has 6 nitrogen and oxygen atoms in total. The highest BCUT2D eigenvalue weighted by atomic mass is 16.6. The monoisotopic (exact) mass is 417 g/mol. The summed E-state index contributed by atoms with van der Waals surface area (Å²) >= 11 is 0. The maximum Gasteiger partial charge on any atom is 0.414 e. The maximum absolute atomic E-state index is 12.8. The summed E-state index contributed by atoms with van der Waals surface area (Å²) in [4.78, 5) is 31.0. The molecule has 0 radical (unpaired) electrons. The van der Waals surface area contributed by atoms with Crippen molar-refractivity contribution >= 4 is 23.4 Å². The second kappa shape index (κ2) is 9.38. The average molecular weight is 418 g/mol. The molecule has 0 aromatic heterocycles. The van der Waals surface area contributed by atoms with E-state index in [1.54, 1.807) is 16.7 Å². The van der Waals surface area contributed by atoms with Crippen molar-refractivity contribution < 1.29 is 14.3 Å². The van der Waals surface area contributed by atoms with Gasteiger partial charge in [0.05, 0.1) is 23.5 Å². The molecular weight excluding hydrogens is 378 g/mol. The molecule has 0 spiro atoms. The minimum Gasteiger partial charge on any atom is -0.446 e. The quantitative estimate of drug-likeness (QED) is 0.675. The molecule has 1 unspecified atom stereocenters. The lowest BCUT2D eigenvalue weighted by Gasteiger charge is -2.41. The van der Waals surface area contributed by atoms with Crippen molar-refractivity contribution in [3.8, 4) is 0 Å². The van der Waals surface area contributed by atoms with Gasteiger partial charge < -0.3 is 14.5 Å². The van der Waals surface area contributed by atoms with Crippen molar-refractivity contribution in [3.05, 3.63) is 23.8 Å². The molecule has 1 aromatic rings. The minimum absolute atomic E-state index is 0.0205. The van der Waals surface area contributed by atoms with E-state index < -0.39 is 0 Å². The molecule has 0 N–H and O–H groups in total. The molecule has 1 aliphatic heterocycles. The van der Waals surface area contributed by atoms with E-state index in [9.17, 15) is 9.59 Å². The third-order valence-electron chi connectivity index (χ3n) is 5.94. The van der Waals surface area contributed by atoms with E-state index in [4.69, 9.17) is 4.74 Å². The first kappa shape index (κ1) is 24.2. The predicted molar refractivity (Wildman–Crippen MR) is 123 cm³/mol. The second-order valence-electron chi connectivity index (χ2n) is 9.69. The Bertz CT molecular complexity index is 769. The van der Waals surface area contributed by atoms with Crippen LogP contribution in [0.4, 0.5) is 16.2 Å². The zero-order chi connectivity index (χ0) is 22.8. The zero-order valence-corrected chi connectivity index (χ0v) is 20.2. The number of likely N-dealkylation sites (N-methyl/N-ethyl adjacent to an activating group) is 1. The molecule has 1 heterocycles. The van der Waals surface area contributed by atoms with Gasteiger partial charge in [0.1, 0.15) is 0 Å². The van der Waals surface area contributed by atoms with Crippen LogP contribution in [0.1, 0.15) is 73.3 Å². The molecule has 6 heteroatoms. The largest absolute Gasteiger partial charge is 0.446 e. The van der Waals surface area contributed by atoms with Gasteiger partial charge in [-0.1, -0.05) is 13.0 Å². The van der Waals surface area contributed by atoms with Crippen molar-refractivity contribution in [1.82, 2.24) is 4.90 Å². The van der Waals surface area contributed by atoms with Crippen LogP contribution in [0.3, 0.4) is 0 Å². The number of benzene rings is 1. The molecule has 1 aliphatic rings. The Morgan fingerprint density at radius 3 is 2.37 bits per heavy atom. The van der Waals surface area contributed by atoms with Crippen LogP contribution in [0.15, 0.2) is 18.2 Å². The third-order valence-corrected chi connectivity index (χ3v) is 5.94. The van der Waals surface area contributed by atoms with Gasteiger partial charge >= 0.3 is 6.09 Å². The van der Waals surface area contributed by atoms with Gasteiger partial charge in [0.15, 0.2) is 0 Å². The second-order valence-corrected chi connectivity index (χ2v) is 9.69. The number of fused-ring (bicyclic) bond motifs is 1. The lowest BCUT2D eigenvalue weighted by molar-refractivity contribution is -0.117. The summed E-state index contributed by atoms with van der Waals surface area (Å²) in [6.07, 6.45) is 0.426. The molecule has 2 atom stereocenters. The van der Waals surface area contributed by atoms with Gasteiger partial charge in [0.25, 0.3) is 0 Å². The van der Waals surface area contributed by atoms with Crippen LogP contribution in [-0.2, 0) is 9.53 Å². The van der Waals surface area contributed by atoms with Crippen molar-refractivity contribution in [2.75, 3.05) is 29.9 Å². The first-order chi connectivity index (χ1) is 13.9. The Hall–Kier alpha value is -2.08. The summed E-state index contributed by atoms with van der Waals surface area (Å²) in [6.45, 7) is 17.4. The number of anilines is 2. The highest BCUT2D eigenvalue weighted by Crippen LogP contribution is 2.39. The summed E-state index contributed by atoms with van der Waals surface area (Å²) in [5, 5.41) is 0. The molecule has 2 amide bonds. The first-order valence-corrected chi connectivity index (χ1v) is 11.0. The van der Waals surface area contributed by atoms with Gasteiger partial charge in [-0.25, -0.2) is 4.79 Å². The minimum atomic E-state index is -0.363. The molecule has 2 rings (SSSR count). The van der Waals surface area contributed by atoms with Gasteiger partial charge in [-0.15, -0.1) is 0 Å². The molecule has 30 heavy (non-hydrogen) atoms. The summed E-state index contributed by atoms with van der Waals surface area (Å²) in [7, 11) is 2.15. The van der Waals surface area contributed by atoms with Crippen LogP contribution in [0.2, 0.25) is 0 Å². The lowest BCUT2D eigenvalue weighted by Crippen LogP contribution is -2.51. The van der Waals surface area contributed by atoms with Gasteiger partial charge in [-0.05, 0) is 78.6 Å². The molecule has 0 fully saturated rings. The average Bonchev–Trinajstić information content (AvgIpc) is 2.63. The Balaban J connectivity index is 2.49. The zero-order valence-electron chi connectivity index (χ0n) is 20.2. The number of carbonyl (C=O) groups is 2. The molecule has 0 bridgehead atoms. The first-order valence-electron chi connectivity index (χ1n) is 11.0. The summed E-state index contributed by atoms with van der Waals surface area (Å²) in [6, 6.07) is 6.04.